The Kier molecular flexibility index (Phi) is 5.73. The van der Waals surface area contributed by atoms with Crippen LogP contribution in [0.25, 0.3) is 0 Å². The lowest BCUT2D eigenvalue weighted by molar-refractivity contribution is 0.0750. The van der Waals surface area contributed by atoms with E-state index < -0.39 is 23.1 Å². The van der Waals surface area contributed by atoms with E-state index in [1.54, 1.807) is 4.90 Å². The molecule has 0 aromatic heterocycles. The van der Waals surface area contributed by atoms with Crippen LogP contribution in [0.5, 0.6) is 0 Å². The zero-order valence-corrected chi connectivity index (χ0v) is 13.8. The molecule has 0 saturated carbocycles. The predicted molar refractivity (Wildman–Crippen MR) is 82.2 cm³/mol. The first-order valence-electron chi connectivity index (χ1n) is 7.46. The number of likely N-dealkylation sites (tertiary alicyclic amines) is 1. The van der Waals surface area contributed by atoms with E-state index in [2.05, 4.69) is 22.9 Å². The lowest BCUT2D eigenvalue weighted by Gasteiger charge is -2.21. The van der Waals surface area contributed by atoms with E-state index in [9.17, 15) is 13.6 Å². The summed E-state index contributed by atoms with van der Waals surface area (Å²) in [5, 5.41) is 0. The van der Waals surface area contributed by atoms with Crippen molar-refractivity contribution in [3.05, 3.63) is 33.8 Å². The smallest absolute Gasteiger partial charge is 0.259 e. The van der Waals surface area contributed by atoms with Gasteiger partial charge in [-0.1, -0.05) is 35.7 Å². The standard InChI is InChI=1S/C16H20BrF2NO/c1-2-4-11-5-3-7-20(8-6-11)16(21)15-13(18)9-12(17)10-14(15)19/h9-11H,2-8H2,1H3. The first-order chi connectivity index (χ1) is 10.0. The normalized spacial score (nSPS) is 19.4. The Hall–Kier alpha value is -0.970. The van der Waals surface area contributed by atoms with Crippen LogP contribution in [-0.2, 0) is 0 Å². The van der Waals surface area contributed by atoms with Gasteiger partial charge in [0.25, 0.3) is 5.91 Å². The molecule has 2 nitrogen and oxygen atoms in total. The van der Waals surface area contributed by atoms with Gasteiger partial charge >= 0.3 is 0 Å². The molecule has 21 heavy (non-hydrogen) atoms. The van der Waals surface area contributed by atoms with Gasteiger partial charge in [-0.15, -0.1) is 0 Å². The van der Waals surface area contributed by atoms with Crippen LogP contribution >= 0.6 is 15.9 Å². The van der Waals surface area contributed by atoms with Crippen molar-refractivity contribution in [3.8, 4) is 0 Å². The van der Waals surface area contributed by atoms with Crippen LogP contribution in [0.3, 0.4) is 0 Å². The Balaban J connectivity index is 2.13. The van der Waals surface area contributed by atoms with Crippen LogP contribution in [0.2, 0.25) is 0 Å². The summed E-state index contributed by atoms with van der Waals surface area (Å²) in [5.74, 6) is -1.52. The maximum absolute atomic E-state index is 13.9. The summed E-state index contributed by atoms with van der Waals surface area (Å²) < 4.78 is 28.1. The SMILES string of the molecule is CCCC1CCCN(C(=O)c2c(F)cc(Br)cc2F)CC1. The number of nitrogens with zero attached hydrogens (tertiary/aromatic N) is 1. The summed E-state index contributed by atoms with van der Waals surface area (Å²) >= 11 is 3.02. The predicted octanol–water partition coefficient (Wildman–Crippen LogP) is 4.77. The van der Waals surface area contributed by atoms with Gasteiger partial charge in [-0.3, -0.25) is 4.79 Å². The minimum absolute atomic E-state index is 0.299. The van der Waals surface area contributed by atoms with Crippen molar-refractivity contribution in [1.82, 2.24) is 4.90 Å². The Morgan fingerprint density at radius 3 is 2.57 bits per heavy atom. The van der Waals surface area contributed by atoms with E-state index in [-0.39, 0.29) is 0 Å². The molecule has 0 aliphatic carbocycles. The second-order valence-corrected chi connectivity index (χ2v) is 6.54. The van der Waals surface area contributed by atoms with Gasteiger partial charge in [0.2, 0.25) is 0 Å². The van der Waals surface area contributed by atoms with Gasteiger partial charge in [0.15, 0.2) is 0 Å². The summed E-state index contributed by atoms with van der Waals surface area (Å²) in [6, 6.07) is 2.27. The largest absolute Gasteiger partial charge is 0.338 e. The van der Waals surface area contributed by atoms with E-state index in [0.29, 0.717) is 23.5 Å². The van der Waals surface area contributed by atoms with Crippen molar-refractivity contribution >= 4 is 21.8 Å². The van der Waals surface area contributed by atoms with Crippen LogP contribution in [0.15, 0.2) is 16.6 Å². The monoisotopic (exact) mass is 359 g/mol. The number of amides is 1. The first-order valence-corrected chi connectivity index (χ1v) is 8.26. The summed E-state index contributed by atoms with van der Waals surface area (Å²) in [4.78, 5) is 14.0. The average Bonchev–Trinajstić information content (AvgIpc) is 2.63. The highest BCUT2D eigenvalue weighted by Crippen LogP contribution is 2.25. The minimum Gasteiger partial charge on any atom is -0.338 e. The summed E-state index contributed by atoms with van der Waals surface area (Å²) in [5.41, 5.74) is -0.438. The minimum atomic E-state index is -0.804. The molecule has 1 fully saturated rings. The molecule has 1 heterocycles. The van der Waals surface area contributed by atoms with Crippen molar-refractivity contribution in [2.75, 3.05) is 13.1 Å². The number of hydrogen-bond acceptors (Lipinski definition) is 1. The van der Waals surface area contributed by atoms with Crippen molar-refractivity contribution in [3.63, 3.8) is 0 Å². The average molecular weight is 360 g/mol. The third-order valence-electron chi connectivity index (χ3n) is 4.05. The number of carbonyl (C=O) groups excluding carboxylic acids is 1. The molecule has 1 unspecified atom stereocenters. The molecule has 0 radical (unpaired) electrons. The van der Waals surface area contributed by atoms with Gasteiger partial charge in [-0.2, -0.15) is 0 Å². The van der Waals surface area contributed by atoms with Crippen LogP contribution in [0.1, 0.15) is 49.4 Å². The second-order valence-electron chi connectivity index (χ2n) is 5.62. The molecule has 2 rings (SSSR count). The van der Waals surface area contributed by atoms with Gasteiger partial charge in [0, 0.05) is 17.6 Å². The number of benzene rings is 1. The fourth-order valence-electron chi connectivity index (χ4n) is 2.97. The zero-order valence-electron chi connectivity index (χ0n) is 12.2. The molecule has 1 aromatic carbocycles. The number of rotatable bonds is 3. The van der Waals surface area contributed by atoms with Crippen molar-refractivity contribution in [2.45, 2.75) is 39.0 Å². The first kappa shape index (κ1) is 16.4. The van der Waals surface area contributed by atoms with E-state index >= 15 is 0 Å². The molecule has 1 aliphatic heterocycles. The third-order valence-corrected chi connectivity index (χ3v) is 4.51. The van der Waals surface area contributed by atoms with Gasteiger partial charge in [0.1, 0.15) is 17.2 Å². The molecule has 1 aliphatic rings. The van der Waals surface area contributed by atoms with Crippen LogP contribution < -0.4 is 0 Å². The second kappa shape index (κ2) is 7.34. The Labute approximate surface area is 132 Å². The van der Waals surface area contributed by atoms with E-state index in [4.69, 9.17) is 0 Å². The Morgan fingerprint density at radius 2 is 1.95 bits per heavy atom. The van der Waals surface area contributed by atoms with Gasteiger partial charge < -0.3 is 4.90 Å². The molecule has 0 N–H and O–H groups in total. The molecule has 0 bridgehead atoms. The lowest BCUT2D eigenvalue weighted by Crippen LogP contribution is -2.33. The topological polar surface area (TPSA) is 20.3 Å². The van der Waals surface area contributed by atoms with Crippen molar-refractivity contribution < 1.29 is 13.6 Å². The van der Waals surface area contributed by atoms with E-state index in [0.717, 1.165) is 44.2 Å². The summed E-state index contributed by atoms with van der Waals surface area (Å²) in [6.45, 7) is 3.31. The number of carbonyl (C=O) groups is 1. The molecule has 0 spiro atoms. The summed E-state index contributed by atoms with van der Waals surface area (Å²) in [6.07, 6.45) is 5.19. The Morgan fingerprint density at radius 1 is 1.29 bits per heavy atom. The highest BCUT2D eigenvalue weighted by Gasteiger charge is 2.26. The van der Waals surface area contributed by atoms with Crippen LogP contribution in [0, 0.1) is 17.6 Å². The van der Waals surface area contributed by atoms with Crippen LogP contribution in [0.4, 0.5) is 8.78 Å². The number of halogens is 3. The van der Waals surface area contributed by atoms with E-state index in [1.807, 2.05) is 0 Å². The zero-order chi connectivity index (χ0) is 15.4. The van der Waals surface area contributed by atoms with E-state index in [1.165, 1.54) is 0 Å². The molecule has 5 heteroatoms. The summed E-state index contributed by atoms with van der Waals surface area (Å²) in [7, 11) is 0. The molecule has 116 valence electrons. The van der Waals surface area contributed by atoms with Crippen molar-refractivity contribution in [2.24, 2.45) is 5.92 Å². The Bertz CT molecular complexity index is 498. The van der Waals surface area contributed by atoms with Gasteiger partial charge in [-0.25, -0.2) is 8.78 Å². The molecule has 1 aromatic rings. The third kappa shape index (κ3) is 4.02. The molecule has 1 atom stereocenters. The van der Waals surface area contributed by atoms with Crippen molar-refractivity contribution in [1.29, 1.82) is 0 Å². The highest BCUT2D eigenvalue weighted by atomic mass is 79.9. The molecule has 1 amide bonds. The highest BCUT2D eigenvalue weighted by molar-refractivity contribution is 9.10. The molecule has 1 saturated heterocycles. The molecular weight excluding hydrogens is 340 g/mol. The lowest BCUT2D eigenvalue weighted by atomic mass is 9.96. The maximum Gasteiger partial charge on any atom is 0.259 e. The fraction of sp³-hybridized carbons (Fsp3) is 0.562. The fourth-order valence-corrected chi connectivity index (χ4v) is 3.37. The molecular formula is C16H20BrF2NO. The maximum atomic E-state index is 13.9. The number of hydrogen-bond donors (Lipinski definition) is 0. The van der Waals surface area contributed by atoms with Gasteiger partial charge in [-0.05, 0) is 37.3 Å². The van der Waals surface area contributed by atoms with Gasteiger partial charge in [0.05, 0.1) is 0 Å². The quantitative estimate of drug-likeness (QED) is 0.760. The van der Waals surface area contributed by atoms with Crippen LogP contribution in [-0.4, -0.2) is 23.9 Å².